The number of hydrogen-bond donors (Lipinski definition) is 1. The second-order valence-electron chi connectivity index (χ2n) is 3.91. The quantitative estimate of drug-likeness (QED) is 0.823. The lowest BCUT2D eigenvalue weighted by Crippen LogP contribution is -2.26. The summed E-state index contributed by atoms with van der Waals surface area (Å²) in [6.45, 7) is 5.81. The lowest BCUT2D eigenvalue weighted by molar-refractivity contribution is 0.489. The molecule has 0 spiro atoms. The minimum atomic E-state index is 0.0747. The van der Waals surface area contributed by atoms with Crippen LogP contribution in [0.1, 0.15) is 31.5 Å². The first kappa shape index (κ1) is 12.6. The Labute approximate surface area is 106 Å². The fraction of sp³-hybridized carbons (Fsp3) is 0.500. The zero-order valence-corrected chi connectivity index (χ0v) is 10.7. The molecular weight excluding hydrogens is 228 g/mol. The number of nitrogens with one attached hydrogen (secondary N) is 1. The molecule has 0 radical (unpaired) electrons. The molecule has 1 atom stereocenters. The summed E-state index contributed by atoms with van der Waals surface area (Å²) in [6, 6.07) is 1.90. The van der Waals surface area contributed by atoms with Crippen LogP contribution in [0.3, 0.4) is 0 Å². The average Bonchev–Trinajstić information content (AvgIpc) is 2.86. The van der Waals surface area contributed by atoms with Crippen LogP contribution >= 0.6 is 0 Å². The molecule has 0 aliphatic heterocycles. The van der Waals surface area contributed by atoms with E-state index in [1.165, 1.54) is 0 Å². The van der Waals surface area contributed by atoms with E-state index < -0.39 is 0 Å². The van der Waals surface area contributed by atoms with Crippen molar-refractivity contribution in [3.8, 4) is 0 Å². The van der Waals surface area contributed by atoms with Gasteiger partial charge in [0.25, 0.3) is 0 Å². The van der Waals surface area contributed by atoms with Crippen LogP contribution in [0.5, 0.6) is 0 Å². The third-order valence-corrected chi connectivity index (χ3v) is 2.73. The lowest BCUT2D eigenvalue weighted by Gasteiger charge is -2.15. The minimum absolute atomic E-state index is 0.0747. The first-order valence-corrected chi connectivity index (χ1v) is 6.22. The highest BCUT2D eigenvalue weighted by Gasteiger charge is 2.16. The van der Waals surface area contributed by atoms with E-state index in [0.717, 1.165) is 31.2 Å². The van der Waals surface area contributed by atoms with Gasteiger partial charge in [-0.05, 0) is 19.5 Å². The molecule has 2 rings (SSSR count). The Hall–Kier alpha value is -1.82. The molecule has 6 heteroatoms. The second kappa shape index (κ2) is 6.20. The number of aryl methyl sites for hydroxylation is 1. The summed E-state index contributed by atoms with van der Waals surface area (Å²) in [6.07, 6.45) is 5.85. The summed E-state index contributed by atoms with van der Waals surface area (Å²) in [5.41, 5.74) is 0. The van der Waals surface area contributed by atoms with Crippen LogP contribution in [-0.4, -0.2) is 31.3 Å². The Balaban J connectivity index is 2.16. The van der Waals surface area contributed by atoms with Gasteiger partial charge in [0, 0.05) is 25.4 Å². The van der Waals surface area contributed by atoms with Crippen molar-refractivity contribution in [2.24, 2.45) is 0 Å². The van der Waals surface area contributed by atoms with Gasteiger partial charge in [0.1, 0.15) is 18.0 Å². The molecule has 0 saturated carbocycles. The monoisotopic (exact) mass is 246 g/mol. The van der Waals surface area contributed by atoms with Gasteiger partial charge in [-0.3, -0.25) is 4.68 Å². The zero-order valence-electron chi connectivity index (χ0n) is 10.7. The van der Waals surface area contributed by atoms with E-state index in [4.69, 9.17) is 0 Å². The van der Waals surface area contributed by atoms with E-state index >= 15 is 0 Å². The Morgan fingerprint density at radius 2 is 2.00 bits per heavy atom. The van der Waals surface area contributed by atoms with Gasteiger partial charge in [0.15, 0.2) is 0 Å². The summed E-state index contributed by atoms with van der Waals surface area (Å²) in [4.78, 5) is 12.9. The highest BCUT2D eigenvalue weighted by Crippen LogP contribution is 2.12. The molecule has 0 amide bonds. The van der Waals surface area contributed by atoms with Crippen molar-refractivity contribution in [2.45, 2.75) is 32.9 Å². The predicted molar refractivity (Wildman–Crippen MR) is 67.8 cm³/mol. The van der Waals surface area contributed by atoms with Gasteiger partial charge in [-0.25, -0.2) is 15.0 Å². The van der Waals surface area contributed by atoms with E-state index in [1.54, 1.807) is 18.7 Å². The Morgan fingerprint density at radius 1 is 1.22 bits per heavy atom. The molecule has 0 aliphatic carbocycles. The van der Waals surface area contributed by atoms with Crippen molar-refractivity contribution < 1.29 is 0 Å². The smallest absolute Gasteiger partial charge is 0.145 e. The van der Waals surface area contributed by atoms with Crippen molar-refractivity contribution in [1.82, 2.24) is 30.0 Å². The largest absolute Gasteiger partial charge is 0.307 e. The van der Waals surface area contributed by atoms with Gasteiger partial charge in [0.05, 0.1) is 6.04 Å². The van der Waals surface area contributed by atoms with Crippen molar-refractivity contribution in [2.75, 3.05) is 6.54 Å². The maximum Gasteiger partial charge on any atom is 0.145 e. The van der Waals surface area contributed by atoms with E-state index in [0.29, 0.717) is 0 Å². The van der Waals surface area contributed by atoms with Gasteiger partial charge in [-0.2, -0.15) is 5.10 Å². The van der Waals surface area contributed by atoms with Crippen LogP contribution < -0.4 is 5.32 Å². The molecule has 0 aromatic carbocycles. The molecule has 2 heterocycles. The standard InChI is InChI=1S/C12H18N6/c1-3-13-10(12-14-6-5-7-15-12)8-11-16-9-17-18(11)4-2/h5-7,9-10,13H,3-4,8H2,1-2H3. The summed E-state index contributed by atoms with van der Waals surface area (Å²) >= 11 is 0. The molecule has 2 aromatic heterocycles. The third-order valence-electron chi connectivity index (χ3n) is 2.73. The van der Waals surface area contributed by atoms with E-state index in [2.05, 4.69) is 39.2 Å². The SMILES string of the molecule is CCNC(Cc1ncnn1CC)c1ncccn1. The van der Waals surface area contributed by atoms with Crippen LogP contribution in [0.25, 0.3) is 0 Å². The Morgan fingerprint density at radius 3 is 2.67 bits per heavy atom. The van der Waals surface area contributed by atoms with Gasteiger partial charge in [-0.1, -0.05) is 6.92 Å². The average molecular weight is 246 g/mol. The first-order chi connectivity index (χ1) is 8.85. The highest BCUT2D eigenvalue weighted by molar-refractivity contribution is 5.01. The second-order valence-corrected chi connectivity index (χ2v) is 3.91. The maximum atomic E-state index is 4.30. The Kier molecular flexibility index (Phi) is 4.35. The zero-order chi connectivity index (χ0) is 12.8. The Bertz CT molecular complexity index is 466. The molecule has 2 aromatic rings. The number of rotatable bonds is 6. The minimum Gasteiger partial charge on any atom is -0.307 e. The summed E-state index contributed by atoms with van der Waals surface area (Å²) in [7, 11) is 0. The van der Waals surface area contributed by atoms with E-state index in [9.17, 15) is 0 Å². The molecule has 0 aliphatic rings. The number of likely N-dealkylation sites (N-methyl/N-ethyl adjacent to an activating group) is 1. The molecule has 1 unspecified atom stereocenters. The summed E-state index contributed by atoms with van der Waals surface area (Å²) in [5, 5.41) is 7.56. The predicted octanol–water partition coefficient (Wildman–Crippen LogP) is 0.981. The van der Waals surface area contributed by atoms with Crippen LogP contribution in [0, 0.1) is 0 Å². The van der Waals surface area contributed by atoms with E-state index in [1.807, 2.05) is 10.7 Å². The molecule has 6 nitrogen and oxygen atoms in total. The first-order valence-electron chi connectivity index (χ1n) is 6.22. The van der Waals surface area contributed by atoms with Gasteiger partial charge in [-0.15, -0.1) is 0 Å². The highest BCUT2D eigenvalue weighted by atomic mass is 15.3. The lowest BCUT2D eigenvalue weighted by atomic mass is 10.2. The summed E-state index contributed by atoms with van der Waals surface area (Å²) < 4.78 is 1.90. The van der Waals surface area contributed by atoms with E-state index in [-0.39, 0.29) is 6.04 Å². The van der Waals surface area contributed by atoms with Gasteiger partial charge < -0.3 is 5.32 Å². The summed E-state index contributed by atoms with van der Waals surface area (Å²) in [5.74, 6) is 1.75. The third kappa shape index (κ3) is 2.89. The van der Waals surface area contributed by atoms with Crippen molar-refractivity contribution in [3.05, 3.63) is 36.4 Å². The molecular formula is C12H18N6. The number of hydrogen-bond acceptors (Lipinski definition) is 5. The maximum absolute atomic E-state index is 4.30. The van der Waals surface area contributed by atoms with Crippen molar-refractivity contribution in [1.29, 1.82) is 0 Å². The van der Waals surface area contributed by atoms with Crippen molar-refractivity contribution >= 4 is 0 Å². The van der Waals surface area contributed by atoms with Crippen molar-refractivity contribution in [3.63, 3.8) is 0 Å². The van der Waals surface area contributed by atoms with Gasteiger partial charge in [0.2, 0.25) is 0 Å². The molecule has 18 heavy (non-hydrogen) atoms. The normalized spacial score (nSPS) is 12.6. The molecule has 0 fully saturated rings. The fourth-order valence-electron chi connectivity index (χ4n) is 1.88. The molecule has 0 saturated heterocycles. The molecule has 96 valence electrons. The number of aromatic nitrogens is 5. The van der Waals surface area contributed by atoms with Crippen LogP contribution in [0.4, 0.5) is 0 Å². The van der Waals surface area contributed by atoms with Crippen LogP contribution in [0.2, 0.25) is 0 Å². The van der Waals surface area contributed by atoms with Crippen LogP contribution in [-0.2, 0) is 13.0 Å². The molecule has 1 N–H and O–H groups in total. The molecule has 0 bridgehead atoms. The van der Waals surface area contributed by atoms with Gasteiger partial charge >= 0.3 is 0 Å². The topological polar surface area (TPSA) is 68.5 Å². The number of nitrogens with zero attached hydrogens (tertiary/aromatic N) is 5. The fourth-order valence-corrected chi connectivity index (χ4v) is 1.88. The van der Waals surface area contributed by atoms with Crippen LogP contribution in [0.15, 0.2) is 24.8 Å².